The number of carbonyl (C=O) groups excluding carboxylic acids is 1. The van der Waals surface area contributed by atoms with Gasteiger partial charge < -0.3 is 19.7 Å². The summed E-state index contributed by atoms with van der Waals surface area (Å²) in [6.45, 7) is 1.28. The largest absolute Gasteiger partial charge is 0.493 e. The smallest absolute Gasteiger partial charge is 0.318 e. The molecule has 1 aromatic heterocycles. The number of thiophene rings is 1. The van der Waals surface area contributed by atoms with Crippen LogP contribution in [0.2, 0.25) is 0 Å². The van der Waals surface area contributed by atoms with Gasteiger partial charge in [0.25, 0.3) is 0 Å². The van der Waals surface area contributed by atoms with Crippen molar-refractivity contribution in [3.63, 3.8) is 0 Å². The average Bonchev–Trinajstić information content (AvgIpc) is 3.31. The minimum atomic E-state index is -0.0170. The minimum absolute atomic E-state index is 0.0100. The molecule has 4 rings (SSSR count). The van der Waals surface area contributed by atoms with Crippen LogP contribution in [0.4, 0.5) is 4.79 Å². The molecule has 2 amide bonds. The number of rotatable bonds is 3. The maximum absolute atomic E-state index is 12.8. The molecular weight excluding hydrogens is 336 g/mol. The van der Waals surface area contributed by atoms with Crippen LogP contribution in [0.25, 0.3) is 0 Å². The number of ether oxygens (including phenoxy) is 2. The van der Waals surface area contributed by atoms with E-state index in [-0.39, 0.29) is 18.1 Å². The van der Waals surface area contributed by atoms with Gasteiger partial charge in [-0.1, -0.05) is 18.2 Å². The third-order valence-electron chi connectivity index (χ3n) is 4.89. The highest BCUT2D eigenvalue weighted by Crippen LogP contribution is 2.36. The van der Waals surface area contributed by atoms with E-state index in [2.05, 4.69) is 16.8 Å². The summed E-state index contributed by atoms with van der Waals surface area (Å²) in [5.41, 5.74) is 1.08. The van der Waals surface area contributed by atoms with Crippen molar-refractivity contribution in [2.75, 3.05) is 20.3 Å². The van der Waals surface area contributed by atoms with Crippen LogP contribution < -0.4 is 14.8 Å². The zero-order valence-electron chi connectivity index (χ0n) is 14.2. The van der Waals surface area contributed by atoms with Crippen molar-refractivity contribution in [3.05, 3.63) is 46.2 Å². The van der Waals surface area contributed by atoms with Crippen LogP contribution in [0.5, 0.6) is 11.5 Å². The van der Waals surface area contributed by atoms with Crippen molar-refractivity contribution in [2.24, 2.45) is 0 Å². The Balaban J connectivity index is 1.43. The van der Waals surface area contributed by atoms with E-state index in [1.165, 1.54) is 4.88 Å². The Bertz CT molecular complexity index is 747. The van der Waals surface area contributed by atoms with Crippen LogP contribution in [-0.4, -0.2) is 37.2 Å². The number of nitrogens with one attached hydrogen (secondary N) is 1. The number of para-hydroxylation sites is 1. The number of urea groups is 1. The lowest BCUT2D eigenvalue weighted by atomic mass is 10.0. The fraction of sp³-hybridized carbons (Fsp3) is 0.421. The average molecular weight is 358 g/mol. The molecule has 5 nitrogen and oxygen atoms in total. The Morgan fingerprint density at radius 2 is 2.28 bits per heavy atom. The molecule has 6 heteroatoms. The molecule has 0 radical (unpaired) electrons. The highest BCUT2D eigenvalue weighted by Gasteiger charge is 2.32. The summed E-state index contributed by atoms with van der Waals surface area (Å²) >= 11 is 1.72. The quantitative estimate of drug-likeness (QED) is 0.912. The molecular formula is C19H22N2O3S. The summed E-state index contributed by atoms with van der Waals surface area (Å²) < 4.78 is 11.2. The van der Waals surface area contributed by atoms with Crippen LogP contribution >= 0.6 is 11.3 Å². The van der Waals surface area contributed by atoms with Crippen molar-refractivity contribution in [3.8, 4) is 11.5 Å². The molecule has 1 fully saturated rings. The van der Waals surface area contributed by atoms with Crippen LogP contribution in [0.1, 0.15) is 29.3 Å². The maximum Gasteiger partial charge on any atom is 0.318 e. The molecule has 25 heavy (non-hydrogen) atoms. The molecule has 3 heterocycles. The van der Waals surface area contributed by atoms with E-state index < -0.39 is 0 Å². The van der Waals surface area contributed by atoms with E-state index in [1.807, 2.05) is 29.2 Å². The van der Waals surface area contributed by atoms with E-state index in [0.717, 1.165) is 42.9 Å². The van der Waals surface area contributed by atoms with Gasteiger partial charge in [0.05, 0.1) is 19.2 Å². The highest BCUT2D eigenvalue weighted by atomic mass is 32.1. The summed E-state index contributed by atoms with van der Waals surface area (Å²) in [7, 11) is 1.64. The van der Waals surface area contributed by atoms with Gasteiger partial charge in [-0.25, -0.2) is 4.79 Å². The first-order valence-electron chi connectivity index (χ1n) is 8.65. The lowest BCUT2D eigenvalue weighted by Gasteiger charge is -2.30. The Labute approximate surface area is 151 Å². The Morgan fingerprint density at radius 1 is 1.36 bits per heavy atom. The summed E-state index contributed by atoms with van der Waals surface area (Å²) in [6, 6.07) is 10.2. The van der Waals surface area contributed by atoms with Crippen molar-refractivity contribution in [1.29, 1.82) is 0 Å². The van der Waals surface area contributed by atoms with E-state index in [0.29, 0.717) is 6.61 Å². The predicted molar refractivity (Wildman–Crippen MR) is 97.5 cm³/mol. The number of benzene rings is 1. The Morgan fingerprint density at radius 3 is 3.08 bits per heavy atom. The van der Waals surface area contributed by atoms with Crippen LogP contribution in [0.15, 0.2) is 35.7 Å². The van der Waals surface area contributed by atoms with Crippen molar-refractivity contribution in [2.45, 2.75) is 31.3 Å². The minimum Gasteiger partial charge on any atom is -0.493 e. The zero-order chi connectivity index (χ0) is 17.2. The number of hydrogen-bond acceptors (Lipinski definition) is 4. The summed E-state index contributed by atoms with van der Waals surface area (Å²) in [5.74, 6) is 1.55. The van der Waals surface area contributed by atoms with Crippen molar-refractivity contribution < 1.29 is 14.3 Å². The molecule has 0 saturated carbocycles. The number of amides is 2. The Hall–Kier alpha value is -2.21. The van der Waals surface area contributed by atoms with Gasteiger partial charge in [-0.3, -0.25) is 0 Å². The molecule has 2 aromatic rings. The van der Waals surface area contributed by atoms with E-state index in [9.17, 15) is 4.79 Å². The first-order chi connectivity index (χ1) is 12.3. The second kappa shape index (κ2) is 6.96. The number of carbonyl (C=O) groups is 1. The molecule has 1 aromatic carbocycles. The predicted octanol–water partition coefficient (Wildman–Crippen LogP) is 3.61. The molecule has 0 spiro atoms. The number of hydrogen-bond donors (Lipinski definition) is 1. The third kappa shape index (κ3) is 3.18. The lowest BCUT2D eigenvalue weighted by molar-refractivity contribution is 0.176. The monoisotopic (exact) mass is 358 g/mol. The number of nitrogens with zero attached hydrogens (tertiary/aromatic N) is 1. The second-order valence-corrected chi connectivity index (χ2v) is 7.46. The van der Waals surface area contributed by atoms with Gasteiger partial charge in [0.2, 0.25) is 0 Å². The SMILES string of the molecule is COc1cccc2c1OCC(NC(=O)N1CCCC1c1cccs1)C2. The summed E-state index contributed by atoms with van der Waals surface area (Å²) in [6.07, 6.45) is 2.85. The van der Waals surface area contributed by atoms with Gasteiger partial charge in [-0.05, 0) is 36.8 Å². The van der Waals surface area contributed by atoms with Crippen molar-refractivity contribution in [1.82, 2.24) is 10.2 Å². The number of methoxy groups -OCH3 is 1. The Kier molecular flexibility index (Phi) is 4.53. The topological polar surface area (TPSA) is 50.8 Å². The van der Waals surface area contributed by atoms with Crippen LogP contribution in [-0.2, 0) is 6.42 Å². The number of fused-ring (bicyclic) bond motifs is 1. The zero-order valence-corrected chi connectivity index (χ0v) is 15.1. The molecule has 2 aliphatic heterocycles. The second-order valence-electron chi connectivity index (χ2n) is 6.48. The van der Waals surface area contributed by atoms with E-state index >= 15 is 0 Å². The van der Waals surface area contributed by atoms with Gasteiger partial charge in [-0.2, -0.15) is 0 Å². The number of likely N-dealkylation sites (tertiary alicyclic amines) is 1. The van der Waals surface area contributed by atoms with Crippen molar-refractivity contribution >= 4 is 17.4 Å². The molecule has 0 aliphatic carbocycles. The molecule has 0 bridgehead atoms. The fourth-order valence-electron chi connectivity index (χ4n) is 3.69. The third-order valence-corrected chi connectivity index (χ3v) is 5.86. The van der Waals surface area contributed by atoms with E-state index in [1.54, 1.807) is 18.4 Å². The van der Waals surface area contributed by atoms with Crippen LogP contribution in [0, 0.1) is 0 Å². The fourth-order valence-corrected chi connectivity index (χ4v) is 4.57. The normalized spacial score (nSPS) is 22.2. The molecule has 2 atom stereocenters. The first kappa shape index (κ1) is 16.3. The highest BCUT2D eigenvalue weighted by molar-refractivity contribution is 7.10. The van der Waals surface area contributed by atoms with Crippen LogP contribution in [0.3, 0.4) is 0 Å². The maximum atomic E-state index is 12.8. The molecule has 1 N–H and O–H groups in total. The standard InChI is InChI=1S/C19H22N2O3S/c1-23-16-7-2-5-13-11-14(12-24-18(13)16)20-19(22)21-9-3-6-15(21)17-8-4-10-25-17/h2,4-5,7-8,10,14-15H,3,6,9,11-12H2,1H3,(H,20,22). The van der Waals surface area contributed by atoms with Gasteiger partial charge in [0.15, 0.2) is 11.5 Å². The summed E-state index contributed by atoms with van der Waals surface area (Å²) in [5, 5.41) is 5.23. The molecule has 2 aliphatic rings. The molecule has 132 valence electrons. The van der Waals surface area contributed by atoms with Gasteiger partial charge in [0.1, 0.15) is 6.61 Å². The lowest BCUT2D eigenvalue weighted by Crippen LogP contribution is -2.48. The van der Waals surface area contributed by atoms with E-state index in [4.69, 9.17) is 9.47 Å². The molecule has 1 saturated heterocycles. The first-order valence-corrected chi connectivity index (χ1v) is 9.53. The summed E-state index contributed by atoms with van der Waals surface area (Å²) in [4.78, 5) is 16.0. The van der Waals surface area contributed by atoms with Gasteiger partial charge >= 0.3 is 6.03 Å². The molecule has 2 unspecified atom stereocenters. The van der Waals surface area contributed by atoms with Gasteiger partial charge in [-0.15, -0.1) is 11.3 Å². The van der Waals surface area contributed by atoms with Gasteiger partial charge in [0, 0.05) is 17.0 Å².